The highest BCUT2D eigenvalue weighted by Crippen LogP contribution is 2.15. The number of hydrogen-bond acceptors (Lipinski definition) is 3. The van der Waals surface area contributed by atoms with Crippen molar-refractivity contribution < 1.29 is 4.79 Å². The fourth-order valence-electron chi connectivity index (χ4n) is 3.12. The number of amides is 1. The van der Waals surface area contributed by atoms with Gasteiger partial charge in [-0.1, -0.05) is 13.8 Å². The van der Waals surface area contributed by atoms with Crippen molar-refractivity contribution in [1.82, 2.24) is 19.2 Å². The van der Waals surface area contributed by atoms with Gasteiger partial charge >= 0.3 is 0 Å². The van der Waals surface area contributed by atoms with Crippen LogP contribution in [-0.4, -0.2) is 57.8 Å². The second-order valence-corrected chi connectivity index (χ2v) is 5.87. The summed E-state index contributed by atoms with van der Waals surface area (Å²) in [5, 5.41) is 0. The van der Waals surface area contributed by atoms with Crippen LogP contribution in [0, 0.1) is 6.92 Å². The third-order valence-electron chi connectivity index (χ3n) is 4.64. The molecule has 0 saturated carbocycles. The summed E-state index contributed by atoms with van der Waals surface area (Å²) in [5.41, 5.74) is 3.89. The van der Waals surface area contributed by atoms with E-state index in [0.717, 1.165) is 61.7 Å². The topological polar surface area (TPSA) is 40.9 Å². The number of carbonyl (C=O) groups is 1. The fraction of sp³-hybridized carbons (Fsp3) is 0.529. The summed E-state index contributed by atoms with van der Waals surface area (Å²) in [6.45, 7) is 11.0. The van der Waals surface area contributed by atoms with Crippen LogP contribution in [0.5, 0.6) is 0 Å². The second-order valence-electron chi connectivity index (χ2n) is 5.87. The molecular weight excluding hydrogens is 276 g/mol. The van der Waals surface area contributed by atoms with Crippen LogP contribution in [0.25, 0.3) is 5.65 Å². The smallest absolute Gasteiger partial charge is 0.255 e. The van der Waals surface area contributed by atoms with Crippen LogP contribution in [-0.2, 0) is 6.42 Å². The van der Waals surface area contributed by atoms with Gasteiger partial charge in [-0.15, -0.1) is 0 Å². The van der Waals surface area contributed by atoms with E-state index < -0.39 is 0 Å². The summed E-state index contributed by atoms with van der Waals surface area (Å²) < 4.78 is 2.04. The van der Waals surface area contributed by atoms with Crippen molar-refractivity contribution in [3.05, 3.63) is 35.3 Å². The van der Waals surface area contributed by atoms with E-state index >= 15 is 0 Å². The van der Waals surface area contributed by atoms with E-state index in [-0.39, 0.29) is 5.91 Å². The molecule has 1 saturated heterocycles. The molecule has 0 bridgehead atoms. The molecule has 0 aliphatic carbocycles. The monoisotopic (exact) mass is 300 g/mol. The number of aryl methyl sites for hydroxylation is 2. The number of nitrogens with zero attached hydrogens (tertiary/aromatic N) is 4. The van der Waals surface area contributed by atoms with Crippen LogP contribution in [0.3, 0.4) is 0 Å². The van der Waals surface area contributed by atoms with Crippen molar-refractivity contribution in [2.45, 2.75) is 27.2 Å². The van der Waals surface area contributed by atoms with Gasteiger partial charge < -0.3 is 14.2 Å². The molecular formula is C17H24N4O. The molecule has 1 amide bonds. The zero-order chi connectivity index (χ0) is 15.7. The molecule has 0 spiro atoms. The van der Waals surface area contributed by atoms with E-state index in [1.807, 2.05) is 27.6 Å². The predicted molar refractivity (Wildman–Crippen MR) is 87.3 cm³/mol. The van der Waals surface area contributed by atoms with Gasteiger partial charge in [0.15, 0.2) is 0 Å². The highest BCUT2D eigenvalue weighted by molar-refractivity contribution is 5.94. The second kappa shape index (κ2) is 6.08. The van der Waals surface area contributed by atoms with Crippen molar-refractivity contribution in [1.29, 1.82) is 0 Å². The van der Waals surface area contributed by atoms with Gasteiger partial charge in [0.05, 0.1) is 11.3 Å². The van der Waals surface area contributed by atoms with Crippen molar-refractivity contribution in [3.63, 3.8) is 0 Å². The first-order valence-corrected chi connectivity index (χ1v) is 8.13. The Morgan fingerprint density at radius 2 is 1.91 bits per heavy atom. The van der Waals surface area contributed by atoms with Crippen molar-refractivity contribution in [3.8, 4) is 0 Å². The molecule has 3 rings (SSSR count). The first-order chi connectivity index (χ1) is 10.6. The van der Waals surface area contributed by atoms with Gasteiger partial charge in [0.25, 0.3) is 5.91 Å². The third-order valence-corrected chi connectivity index (χ3v) is 4.64. The van der Waals surface area contributed by atoms with Crippen LogP contribution in [0.1, 0.15) is 35.6 Å². The Labute approximate surface area is 131 Å². The number of carbonyl (C=O) groups excluding carboxylic acids is 1. The molecule has 5 nitrogen and oxygen atoms in total. The Kier molecular flexibility index (Phi) is 4.16. The van der Waals surface area contributed by atoms with Gasteiger partial charge in [0, 0.05) is 38.1 Å². The van der Waals surface area contributed by atoms with Crippen LogP contribution in [0.15, 0.2) is 18.3 Å². The number of aromatic nitrogens is 2. The number of pyridine rings is 1. The SMILES string of the molecule is CCc1nc2ccc(C(=O)N3CCN(CC)CC3)cn2c1C. The van der Waals surface area contributed by atoms with Gasteiger partial charge in [-0.05, 0) is 32.0 Å². The molecule has 22 heavy (non-hydrogen) atoms. The summed E-state index contributed by atoms with van der Waals surface area (Å²) in [6, 6.07) is 3.84. The highest BCUT2D eigenvalue weighted by Gasteiger charge is 2.22. The summed E-state index contributed by atoms with van der Waals surface area (Å²) in [6.07, 6.45) is 2.85. The molecule has 1 aliphatic heterocycles. The molecule has 5 heteroatoms. The Balaban J connectivity index is 1.84. The van der Waals surface area contributed by atoms with E-state index in [2.05, 4.69) is 30.7 Å². The van der Waals surface area contributed by atoms with Gasteiger partial charge in [-0.2, -0.15) is 0 Å². The van der Waals surface area contributed by atoms with Crippen molar-refractivity contribution >= 4 is 11.6 Å². The molecule has 2 aromatic rings. The van der Waals surface area contributed by atoms with Crippen molar-refractivity contribution in [2.24, 2.45) is 0 Å². The lowest BCUT2D eigenvalue weighted by Gasteiger charge is -2.34. The quantitative estimate of drug-likeness (QED) is 0.870. The van der Waals surface area contributed by atoms with Gasteiger partial charge in [-0.3, -0.25) is 4.79 Å². The predicted octanol–water partition coefficient (Wildman–Crippen LogP) is 1.98. The summed E-state index contributed by atoms with van der Waals surface area (Å²) >= 11 is 0. The Hall–Kier alpha value is -1.88. The van der Waals surface area contributed by atoms with E-state index in [9.17, 15) is 4.79 Å². The molecule has 118 valence electrons. The summed E-state index contributed by atoms with van der Waals surface area (Å²) in [7, 11) is 0. The van der Waals surface area contributed by atoms with E-state index in [0.29, 0.717) is 0 Å². The normalized spacial score (nSPS) is 16.4. The average Bonchev–Trinajstić information content (AvgIpc) is 2.90. The molecule has 0 atom stereocenters. The number of rotatable bonds is 3. The van der Waals surface area contributed by atoms with Crippen molar-refractivity contribution in [2.75, 3.05) is 32.7 Å². The molecule has 2 aromatic heterocycles. The Morgan fingerprint density at radius 1 is 1.18 bits per heavy atom. The summed E-state index contributed by atoms with van der Waals surface area (Å²) in [4.78, 5) is 21.6. The van der Waals surface area contributed by atoms with E-state index in [1.54, 1.807) is 0 Å². The van der Waals surface area contributed by atoms with Gasteiger partial charge in [-0.25, -0.2) is 4.98 Å². The maximum Gasteiger partial charge on any atom is 0.255 e. The lowest BCUT2D eigenvalue weighted by atomic mass is 10.2. The standard InChI is InChI=1S/C17H24N4O/c1-4-15-13(3)21-12-14(6-7-16(21)18-15)17(22)20-10-8-19(5-2)9-11-20/h6-7,12H,4-5,8-11H2,1-3H3. The Morgan fingerprint density at radius 3 is 2.55 bits per heavy atom. The largest absolute Gasteiger partial charge is 0.336 e. The van der Waals surface area contributed by atoms with E-state index in [1.165, 1.54) is 0 Å². The molecule has 3 heterocycles. The Bertz CT molecular complexity index is 683. The minimum atomic E-state index is 0.129. The lowest BCUT2D eigenvalue weighted by molar-refractivity contribution is 0.0643. The van der Waals surface area contributed by atoms with E-state index in [4.69, 9.17) is 0 Å². The molecule has 0 radical (unpaired) electrons. The first kappa shape index (κ1) is 15.0. The third kappa shape index (κ3) is 2.61. The van der Waals surface area contributed by atoms with Crippen LogP contribution in [0.2, 0.25) is 0 Å². The summed E-state index contributed by atoms with van der Waals surface area (Å²) in [5.74, 6) is 0.129. The highest BCUT2D eigenvalue weighted by atomic mass is 16.2. The molecule has 0 unspecified atom stereocenters. The maximum atomic E-state index is 12.7. The number of piperazine rings is 1. The van der Waals surface area contributed by atoms with Crippen LogP contribution >= 0.6 is 0 Å². The van der Waals surface area contributed by atoms with Gasteiger partial charge in [0.2, 0.25) is 0 Å². The molecule has 0 aromatic carbocycles. The number of imidazole rings is 1. The number of hydrogen-bond donors (Lipinski definition) is 0. The number of likely N-dealkylation sites (N-methyl/N-ethyl adjacent to an activating group) is 1. The molecule has 1 aliphatic rings. The van der Waals surface area contributed by atoms with Gasteiger partial charge in [0.1, 0.15) is 5.65 Å². The maximum absolute atomic E-state index is 12.7. The average molecular weight is 300 g/mol. The lowest BCUT2D eigenvalue weighted by Crippen LogP contribution is -2.48. The minimum absolute atomic E-state index is 0.129. The zero-order valence-electron chi connectivity index (χ0n) is 13.7. The molecule has 0 N–H and O–H groups in total. The minimum Gasteiger partial charge on any atom is -0.336 e. The number of fused-ring (bicyclic) bond motifs is 1. The van der Waals surface area contributed by atoms with Crippen LogP contribution in [0.4, 0.5) is 0 Å². The molecule has 1 fully saturated rings. The zero-order valence-corrected chi connectivity index (χ0v) is 13.7. The first-order valence-electron chi connectivity index (χ1n) is 8.13. The van der Waals surface area contributed by atoms with Crippen LogP contribution < -0.4 is 0 Å². The fourth-order valence-corrected chi connectivity index (χ4v) is 3.12.